The molecule has 0 aliphatic rings. The number of aryl methyl sites for hydroxylation is 2. The molecule has 0 atom stereocenters. The van der Waals surface area contributed by atoms with Gasteiger partial charge < -0.3 is 19.2 Å². The van der Waals surface area contributed by atoms with Gasteiger partial charge in [0.2, 0.25) is 11.2 Å². The lowest BCUT2D eigenvalue weighted by molar-refractivity contribution is -0.118. The highest BCUT2D eigenvalue weighted by atomic mass is 16.5. The van der Waals surface area contributed by atoms with Gasteiger partial charge in [-0.15, -0.1) is 0 Å². The van der Waals surface area contributed by atoms with Crippen LogP contribution in [0.4, 0.5) is 5.69 Å². The van der Waals surface area contributed by atoms with E-state index < -0.39 is 0 Å². The average molecular weight is 472 g/mol. The number of carbonyl (C=O) groups is 1. The molecule has 3 aromatic carbocycles. The van der Waals surface area contributed by atoms with Crippen LogP contribution >= 0.6 is 0 Å². The van der Waals surface area contributed by atoms with E-state index in [9.17, 15) is 9.59 Å². The predicted octanol–water partition coefficient (Wildman–Crippen LogP) is 6.51. The summed E-state index contributed by atoms with van der Waals surface area (Å²) in [6, 6.07) is 20.2. The molecule has 4 aromatic rings. The van der Waals surface area contributed by atoms with Gasteiger partial charge in [-0.1, -0.05) is 44.5 Å². The molecule has 1 heterocycles. The number of hydrogen-bond acceptors (Lipinski definition) is 5. The van der Waals surface area contributed by atoms with Crippen LogP contribution in [-0.2, 0) is 17.6 Å². The fraction of sp³-hybridized carbons (Fsp3) is 0.241. The Morgan fingerprint density at radius 1 is 0.914 bits per heavy atom. The van der Waals surface area contributed by atoms with E-state index in [0.717, 1.165) is 31.4 Å². The molecular weight excluding hydrogens is 442 g/mol. The van der Waals surface area contributed by atoms with Crippen LogP contribution in [0.15, 0.2) is 82.2 Å². The third-order valence-electron chi connectivity index (χ3n) is 5.70. The highest BCUT2D eigenvalue weighted by Crippen LogP contribution is 2.24. The summed E-state index contributed by atoms with van der Waals surface area (Å²) >= 11 is 0. The first-order valence-electron chi connectivity index (χ1n) is 11.9. The Balaban J connectivity index is 1.37. The van der Waals surface area contributed by atoms with Gasteiger partial charge in [-0.3, -0.25) is 9.59 Å². The molecule has 0 fully saturated rings. The number of carbonyl (C=O) groups excluding carboxylic acids is 1. The highest BCUT2D eigenvalue weighted by Gasteiger charge is 2.11. The molecule has 0 radical (unpaired) electrons. The predicted molar refractivity (Wildman–Crippen MR) is 138 cm³/mol. The number of fused-ring (bicyclic) bond motifs is 1. The summed E-state index contributed by atoms with van der Waals surface area (Å²) in [6.45, 7) is 4.07. The number of hydrogen-bond donors (Lipinski definition) is 1. The van der Waals surface area contributed by atoms with Gasteiger partial charge in [-0.05, 0) is 66.8 Å². The molecule has 0 spiro atoms. The molecule has 6 heteroatoms. The molecule has 35 heavy (non-hydrogen) atoms. The van der Waals surface area contributed by atoms with Crippen LogP contribution in [0.2, 0.25) is 0 Å². The van der Waals surface area contributed by atoms with Crippen molar-refractivity contribution in [1.29, 1.82) is 0 Å². The van der Waals surface area contributed by atoms with Gasteiger partial charge in [0, 0.05) is 11.8 Å². The molecular formula is C29H29NO5. The first kappa shape index (κ1) is 24.1. The smallest absolute Gasteiger partial charge is 0.262 e. The molecule has 6 nitrogen and oxygen atoms in total. The van der Waals surface area contributed by atoms with Gasteiger partial charge in [0.25, 0.3) is 5.91 Å². The fourth-order valence-corrected chi connectivity index (χ4v) is 3.65. The van der Waals surface area contributed by atoms with Crippen molar-refractivity contribution >= 4 is 22.6 Å². The second-order valence-electron chi connectivity index (χ2n) is 8.32. The van der Waals surface area contributed by atoms with E-state index in [1.165, 1.54) is 17.4 Å². The Hall–Kier alpha value is -4.06. The van der Waals surface area contributed by atoms with Gasteiger partial charge in [-0.25, -0.2) is 0 Å². The first-order chi connectivity index (χ1) is 17.1. The van der Waals surface area contributed by atoms with E-state index in [1.807, 2.05) is 48.5 Å². The lowest BCUT2D eigenvalue weighted by Gasteiger charge is -2.09. The molecule has 4 rings (SSSR count). The SMILES string of the molecule is CCCCc1ccc(NC(=O)COc2ccc3c(=O)c(Oc4ccc(CC)cc4)coc3c2)cc1. The zero-order valence-electron chi connectivity index (χ0n) is 20.0. The quantitative estimate of drug-likeness (QED) is 0.285. The van der Waals surface area contributed by atoms with Gasteiger partial charge in [-0.2, -0.15) is 0 Å². The fourth-order valence-electron chi connectivity index (χ4n) is 3.65. The highest BCUT2D eigenvalue weighted by molar-refractivity contribution is 5.92. The largest absolute Gasteiger partial charge is 0.484 e. The number of anilines is 1. The Morgan fingerprint density at radius 2 is 1.63 bits per heavy atom. The molecule has 0 saturated heterocycles. The van der Waals surface area contributed by atoms with Crippen LogP contribution in [0.3, 0.4) is 0 Å². The van der Waals surface area contributed by atoms with Crippen molar-refractivity contribution in [3.8, 4) is 17.2 Å². The molecule has 1 amide bonds. The van der Waals surface area contributed by atoms with Gasteiger partial charge in [0.15, 0.2) is 6.61 Å². The summed E-state index contributed by atoms with van der Waals surface area (Å²) in [7, 11) is 0. The van der Waals surface area contributed by atoms with Crippen molar-refractivity contribution in [2.75, 3.05) is 11.9 Å². The molecule has 0 aliphatic carbocycles. The number of amides is 1. The van der Waals surface area contributed by atoms with Crippen molar-refractivity contribution < 1.29 is 18.7 Å². The van der Waals surface area contributed by atoms with E-state index in [4.69, 9.17) is 13.9 Å². The Bertz CT molecular complexity index is 1340. The van der Waals surface area contributed by atoms with Gasteiger partial charge in [0.1, 0.15) is 23.3 Å². The minimum atomic E-state index is -0.280. The van der Waals surface area contributed by atoms with Crippen molar-refractivity contribution in [1.82, 2.24) is 0 Å². The first-order valence-corrected chi connectivity index (χ1v) is 11.9. The number of ether oxygens (including phenoxy) is 2. The second kappa shape index (κ2) is 11.4. The zero-order chi connectivity index (χ0) is 24.6. The molecule has 0 bridgehead atoms. The Morgan fingerprint density at radius 3 is 2.34 bits per heavy atom. The normalized spacial score (nSPS) is 10.8. The van der Waals surface area contributed by atoms with Crippen LogP contribution in [-0.4, -0.2) is 12.5 Å². The van der Waals surface area contributed by atoms with E-state index >= 15 is 0 Å². The zero-order valence-corrected chi connectivity index (χ0v) is 20.0. The summed E-state index contributed by atoms with van der Waals surface area (Å²) in [5.74, 6) is 0.825. The maximum absolute atomic E-state index is 12.8. The van der Waals surface area contributed by atoms with Gasteiger partial charge >= 0.3 is 0 Å². The molecule has 180 valence electrons. The summed E-state index contributed by atoms with van der Waals surface area (Å²) in [6.07, 6.45) is 5.55. The molecule has 0 unspecified atom stereocenters. The Kier molecular flexibility index (Phi) is 7.83. The van der Waals surface area contributed by atoms with Crippen molar-refractivity contribution in [2.24, 2.45) is 0 Å². The van der Waals surface area contributed by atoms with Crippen LogP contribution in [0.25, 0.3) is 11.0 Å². The number of benzene rings is 3. The van der Waals surface area contributed by atoms with Crippen molar-refractivity contribution in [3.63, 3.8) is 0 Å². The average Bonchev–Trinajstić information content (AvgIpc) is 2.89. The van der Waals surface area contributed by atoms with E-state index in [-0.39, 0.29) is 23.7 Å². The van der Waals surface area contributed by atoms with Crippen LogP contribution in [0.1, 0.15) is 37.8 Å². The molecule has 1 N–H and O–H groups in total. The summed E-state index contributed by atoms with van der Waals surface area (Å²) in [5, 5.41) is 3.19. The monoisotopic (exact) mass is 471 g/mol. The van der Waals surface area contributed by atoms with E-state index in [1.54, 1.807) is 18.2 Å². The standard InChI is InChI=1S/C29H29NO5/c1-3-5-6-21-7-11-22(12-8-21)30-28(31)19-33-24-15-16-25-26(17-24)34-18-27(29(25)32)35-23-13-9-20(4-2)10-14-23/h7-18H,3-6,19H2,1-2H3,(H,30,31). The third kappa shape index (κ3) is 6.29. The van der Waals surface area contributed by atoms with Gasteiger partial charge in [0.05, 0.1) is 5.39 Å². The lowest BCUT2D eigenvalue weighted by atomic mass is 10.1. The molecule has 1 aromatic heterocycles. The summed E-state index contributed by atoms with van der Waals surface area (Å²) in [4.78, 5) is 25.1. The Labute approximate surface area is 204 Å². The number of rotatable bonds is 10. The topological polar surface area (TPSA) is 77.8 Å². The minimum Gasteiger partial charge on any atom is -0.484 e. The second-order valence-corrected chi connectivity index (χ2v) is 8.32. The van der Waals surface area contributed by atoms with E-state index in [2.05, 4.69) is 19.2 Å². The minimum absolute atomic E-state index is 0.107. The van der Waals surface area contributed by atoms with Crippen LogP contribution in [0, 0.1) is 0 Å². The maximum atomic E-state index is 12.8. The summed E-state index contributed by atoms with van der Waals surface area (Å²) in [5.41, 5.74) is 3.23. The number of nitrogens with one attached hydrogen (secondary N) is 1. The van der Waals surface area contributed by atoms with Crippen molar-refractivity contribution in [3.05, 3.63) is 94.3 Å². The number of unbranched alkanes of at least 4 members (excludes halogenated alkanes) is 1. The van der Waals surface area contributed by atoms with E-state index in [0.29, 0.717) is 22.5 Å². The lowest BCUT2D eigenvalue weighted by Crippen LogP contribution is -2.20. The van der Waals surface area contributed by atoms with Crippen LogP contribution < -0.4 is 20.2 Å². The maximum Gasteiger partial charge on any atom is 0.262 e. The molecule has 0 aliphatic heterocycles. The van der Waals surface area contributed by atoms with Crippen molar-refractivity contribution in [2.45, 2.75) is 39.5 Å². The molecule has 0 saturated carbocycles. The van der Waals surface area contributed by atoms with Crippen LogP contribution in [0.5, 0.6) is 17.2 Å². The summed E-state index contributed by atoms with van der Waals surface area (Å²) < 4.78 is 16.9. The third-order valence-corrected chi connectivity index (χ3v) is 5.70.